The third kappa shape index (κ3) is 4.82. The third-order valence-electron chi connectivity index (χ3n) is 3.14. The minimum absolute atomic E-state index is 0.0695. The Morgan fingerprint density at radius 3 is 2.10 bits per heavy atom. The van der Waals surface area contributed by atoms with Crippen LogP contribution in [0.4, 0.5) is 5.69 Å². The van der Waals surface area contributed by atoms with E-state index in [0.29, 0.717) is 12.1 Å². The molecule has 0 atom stereocenters. The minimum Gasteiger partial charge on any atom is -0.326 e. The van der Waals surface area contributed by atoms with Crippen molar-refractivity contribution in [1.29, 1.82) is 0 Å². The largest absolute Gasteiger partial charge is 0.326 e. The van der Waals surface area contributed by atoms with Crippen LogP contribution >= 0.6 is 0 Å². The SMILES string of the molecule is CC(C)CC(=O)Nc1ccc(S(=O)(=O)N(C)C(C)C)cc1. The monoisotopic (exact) mass is 312 g/mol. The Morgan fingerprint density at radius 1 is 1.14 bits per heavy atom. The Kier molecular flexibility index (Phi) is 5.92. The van der Waals surface area contributed by atoms with Crippen LogP contribution in [0.2, 0.25) is 0 Å². The van der Waals surface area contributed by atoms with Gasteiger partial charge >= 0.3 is 0 Å². The van der Waals surface area contributed by atoms with Crippen molar-refractivity contribution in [2.24, 2.45) is 5.92 Å². The molecule has 0 saturated carbocycles. The number of nitrogens with zero attached hydrogens (tertiary/aromatic N) is 1. The van der Waals surface area contributed by atoms with E-state index in [1.54, 1.807) is 19.2 Å². The van der Waals surface area contributed by atoms with Crippen molar-refractivity contribution < 1.29 is 13.2 Å². The number of rotatable bonds is 6. The first-order chi connectivity index (χ1) is 9.64. The summed E-state index contributed by atoms with van der Waals surface area (Å²) in [5, 5.41) is 2.76. The first-order valence-corrected chi connectivity index (χ1v) is 8.46. The number of benzene rings is 1. The highest BCUT2D eigenvalue weighted by atomic mass is 32.2. The fourth-order valence-electron chi connectivity index (χ4n) is 1.74. The van der Waals surface area contributed by atoms with E-state index < -0.39 is 10.0 Å². The third-order valence-corrected chi connectivity index (χ3v) is 5.18. The Bertz CT molecular complexity index is 577. The molecule has 0 bridgehead atoms. The maximum absolute atomic E-state index is 12.3. The number of anilines is 1. The molecule has 1 aromatic carbocycles. The lowest BCUT2D eigenvalue weighted by Gasteiger charge is -2.21. The molecule has 0 unspecified atom stereocenters. The van der Waals surface area contributed by atoms with Crippen molar-refractivity contribution in [2.75, 3.05) is 12.4 Å². The molecule has 0 heterocycles. The molecule has 5 nitrogen and oxygen atoms in total. The van der Waals surface area contributed by atoms with Crippen molar-refractivity contribution >= 4 is 21.6 Å². The smallest absolute Gasteiger partial charge is 0.243 e. The zero-order valence-corrected chi connectivity index (χ0v) is 14.1. The van der Waals surface area contributed by atoms with E-state index in [9.17, 15) is 13.2 Å². The number of amides is 1. The maximum atomic E-state index is 12.3. The highest BCUT2D eigenvalue weighted by Gasteiger charge is 2.22. The molecule has 6 heteroatoms. The van der Waals surface area contributed by atoms with Crippen LogP contribution in [0.15, 0.2) is 29.2 Å². The summed E-state index contributed by atoms with van der Waals surface area (Å²) in [7, 11) is -1.93. The van der Waals surface area contributed by atoms with Crippen LogP contribution in [-0.2, 0) is 14.8 Å². The Labute approximate surface area is 127 Å². The van der Waals surface area contributed by atoms with Crippen LogP contribution in [0, 0.1) is 5.92 Å². The molecule has 0 aromatic heterocycles. The van der Waals surface area contributed by atoms with Gasteiger partial charge in [0.1, 0.15) is 0 Å². The van der Waals surface area contributed by atoms with E-state index in [0.717, 1.165) is 0 Å². The number of sulfonamides is 1. The second-order valence-electron chi connectivity index (χ2n) is 5.79. The summed E-state index contributed by atoms with van der Waals surface area (Å²) in [6.07, 6.45) is 0.441. The van der Waals surface area contributed by atoms with Crippen molar-refractivity contribution in [3.8, 4) is 0 Å². The average Bonchev–Trinajstić information content (AvgIpc) is 2.37. The van der Waals surface area contributed by atoms with E-state index in [1.807, 2.05) is 27.7 Å². The summed E-state index contributed by atoms with van der Waals surface area (Å²) in [6, 6.07) is 6.14. The van der Waals surface area contributed by atoms with Crippen LogP contribution in [0.3, 0.4) is 0 Å². The van der Waals surface area contributed by atoms with Crippen molar-refractivity contribution in [3.05, 3.63) is 24.3 Å². The van der Waals surface area contributed by atoms with Crippen molar-refractivity contribution in [3.63, 3.8) is 0 Å². The van der Waals surface area contributed by atoms with E-state index in [4.69, 9.17) is 0 Å². The minimum atomic E-state index is -3.48. The van der Waals surface area contributed by atoms with Gasteiger partial charge < -0.3 is 5.32 Å². The van der Waals surface area contributed by atoms with Crippen LogP contribution < -0.4 is 5.32 Å². The molecule has 0 aliphatic rings. The van der Waals surface area contributed by atoms with E-state index in [1.165, 1.54) is 16.4 Å². The number of carbonyl (C=O) groups is 1. The molecule has 118 valence electrons. The standard InChI is InChI=1S/C15H24N2O3S/c1-11(2)10-15(18)16-13-6-8-14(9-7-13)21(19,20)17(5)12(3)4/h6-9,11-12H,10H2,1-5H3,(H,16,18). The molecule has 0 aliphatic carbocycles. The first kappa shape index (κ1) is 17.7. The van der Waals surface area contributed by atoms with Crippen molar-refractivity contribution in [2.45, 2.75) is 45.1 Å². The molecule has 0 spiro atoms. The highest BCUT2D eigenvalue weighted by molar-refractivity contribution is 7.89. The van der Waals surface area contributed by atoms with Gasteiger partial charge in [0.05, 0.1) is 4.90 Å². The van der Waals surface area contributed by atoms with Gasteiger partial charge in [0, 0.05) is 25.2 Å². The van der Waals surface area contributed by atoms with E-state index >= 15 is 0 Å². The summed E-state index contributed by atoms with van der Waals surface area (Å²) in [4.78, 5) is 11.9. The molecule has 0 fully saturated rings. The fraction of sp³-hybridized carbons (Fsp3) is 0.533. The van der Waals surface area contributed by atoms with Crippen LogP contribution in [0.5, 0.6) is 0 Å². The highest BCUT2D eigenvalue weighted by Crippen LogP contribution is 2.19. The van der Waals surface area contributed by atoms with Gasteiger partial charge in [-0.1, -0.05) is 13.8 Å². The normalized spacial score (nSPS) is 12.2. The number of hydrogen-bond donors (Lipinski definition) is 1. The molecular weight excluding hydrogens is 288 g/mol. The lowest BCUT2D eigenvalue weighted by atomic mass is 10.1. The molecule has 0 saturated heterocycles. The molecular formula is C15H24N2O3S. The molecule has 1 amide bonds. The summed E-state index contributed by atoms with van der Waals surface area (Å²) in [5.41, 5.74) is 0.604. The quantitative estimate of drug-likeness (QED) is 0.878. The van der Waals surface area contributed by atoms with Gasteiger partial charge in [0.2, 0.25) is 15.9 Å². The van der Waals surface area contributed by atoms with Gasteiger partial charge in [-0.2, -0.15) is 4.31 Å². The predicted octanol–water partition coefficient (Wildman–Crippen LogP) is 2.70. The molecule has 21 heavy (non-hydrogen) atoms. The van der Waals surface area contributed by atoms with Crippen molar-refractivity contribution in [1.82, 2.24) is 4.31 Å². The average molecular weight is 312 g/mol. The Hall–Kier alpha value is -1.40. The molecule has 0 radical (unpaired) electrons. The van der Waals surface area contributed by atoms with Crippen LogP contribution in [0.25, 0.3) is 0 Å². The summed E-state index contributed by atoms with van der Waals surface area (Å²) < 4.78 is 25.9. The van der Waals surface area contributed by atoms with Gasteiger partial charge in [-0.15, -0.1) is 0 Å². The van der Waals surface area contributed by atoms with Gasteiger partial charge in [-0.05, 0) is 44.0 Å². The molecule has 1 N–H and O–H groups in total. The first-order valence-electron chi connectivity index (χ1n) is 7.02. The maximum Gasteiger partial charge on any atom is 0.243 e. The van der Waals surface area contributed by atoms with Crippen LogP contribution in [-0.4, -0.2) is 31.7 Å². The summed E-state index contributed by atoms with van der Waals surface area (Å²) in [6.45, 7) is 7.57. The summed E-state index contributed by atoms with van der Waals surface area (Å²) >= 11 is 0. The number of hydrogen-bond acceptors (Lipinski definition) is 3. The second kappa shape index (κ2) is 7.04. The van der Waals surface area contributed by atoms with Gasteiger partial charge in [0.25, 0.3) is 0 Å². The fourth-order valence-corrected chi connectivity index (χ4v) is 3.10. The van der Waals surface area contributed by atoms with E-state index in [-0.39, 0.29) is 22.8 Å². The molecule has 1 rings (SSSR count). The van der Waals surface area contributed by atoms with Crippen LogP contribution in [0.1, 0.15) is 34.1 Å². The summed E-state index contributed by atoms with van der Waals surface area (Å²) in [5.74, 6) is 0.212. The molecule has 1 aromatic rings. The second-order valence-corrected chi connectivity index (χ2v) is 7.78. The predicted molar refractivity (Wildman–Crippen MR) is 84.6 cm³/mol. The van der Waals surface area contributed by atoms with Gasteiger partial charge in [0.15, 0.2) is 0 Å². The number of carbonyl (C=O) groups excluding carboxylic acids is 1. The lowest BCUT2D eigenvalue weighted by Crippen LogP contribution is -2.33. The van der Waals surface area contributed by atoms with E-state index in [2.05, 4.69) is 5.32 Å². The zero-order valence-electron chi connectivity index (χ0n) is 13.3. The lowest BCUT2D eigenvalue weighted by molar-refractivity contribution is -0.116. The topological polar surface area (TPSA) is 66.5 Å². The van der Waals surface area contributed by atoms with Gasteiger partial charge in [-0.3, -0.25) is 4.79 Å². The van der Waals surface area contributed by atoms with Gasteiger partial charge in [-0.25, -0.2) is 8.42 Å². The Morgan fingerprint density at radius 2 is 1.67 bits per heavy atom. The zero-order chi connectivity index (χ0) is 16.2. The number of nitrogens with one attached hydrogen (secondary N) is 1. The molecule has 0 aliphatic heterocycles. The Balaban J connectivity index is 2.86.